The highest BCUT2D eigenvalue weighted by atomic mass is 35.5. The Bertz CT molecular complexity index is 1230. The summed E-state index contributed by atoms with van der Waals surface area (Å²) in [6, 6.07) is 20.0. The molecule has 1 heterocycles. The van der Waals surface area contributed by atoms with Crippen LogP contribution in [0.1, 0.15) is 35.9 Å². The molecule has 2 unspecified atom stereocenters. The number of anilines is 3. The number of benzene rings is 3. The number of nitrogens with zero attached hydrogens (tertiary/aromatic N) is 1. The monoisotopic (exact) mass is 461 g/mol. The van der Waals surface area contributed by atoms with Gasteiger partial charge in [0.1, 0.15) is 5.82 Å². The number of fused-ring (bicyclic) bond motifs is 1. The van der Waals surface area contributed by atoms with E-state index >= 15 is 0 Å². The number of carbonyl (C=O) groups is 1. The summed E-state index contributed by atoms with van der Waals surface area (Å²) in [5, 5.41) is 7.17. The van der Waals surface area contributed by atoms with E-state index in [1.807, 2.05) is 38.4 Å². The number of ketones is 1. The molecule has 0 saturated carbocycles. The average Bonchev–Trinajstić information content (AvgIpc) is 2.96. The van der Waals surface area contributed by atoms with Gasteiger partial charge in [0.25, 0.3) is 0 Å². The number of allylic oxidation sites excluding steroid dienone is 1. The van der Waals surface area contributed by atoms with Crippen LogP contribution in [0.15, 0.2) is 78.0 Å². The van der Waals surface area contributed by atoms with Crippen LogP contribution in [0.4, 0.5) is 21.5 Å². The third kappa shape index (κ3) is 3.98. The lowest BCUT2D eigenvalue weighted by atomic mass is 9.78. The predicted octanol–water partition coefficient (Wildman–Crippen LogP) is 6.52. The maximum atomic E-state index is 15.0. The fourth-order valence-electron chi connectivity index (χ4n) is 4.78. The first kappa shape index (κ1) is 21.5. The molecule has 6 heteroatoms. The Hall–Kier alpha value is -3.31. The minimum atomic E-state index is -0.672. The van der Waals surface area contributed by atoms with Gasteiger partial charge in [-0.1, -0.05) is 41.9 Å². The zero-order chi connectivity index (χ0) is 23.1. The molecule has 4 nitrogen and oxygen atoms in total. The molecule has 168 valence electrons. The van der Waals surface area contributed by atoms with Gasteiger partial charge in [-0.05, 0) is 54.3 Å². The van der Waals surface area contributed by atoms with Gasteiger partial charge < -0.3 is 15.5 Å². The van der Waals surface area contributed by atoms with Crippen LogP contribution in [0, 0.1) is 5.82 Å². The molecule has 5 rings (SSSR count). The zero-order valence-electron chi connectivity index (χ0n) is 18.5. The molecular formula is C27H25ClFN3O. The molecule has 1 aliphatic carbocycles. The summed E-state index contributed by atoms with van der Waals surface area (Å²) in [6.07, 6.45) is 1.02. The number of carbonyl (C=O) groups excluding carboxylic acids is 1. The molecule has 0 aromatic heterocycles. The number of rotatable bonds is 3. The van der Waals surface area contributed by atoms with Crippen molar-refractivity contribution in [3.63, 3.8) is 0 Å². The first-order chi connectivity index (χ1) is 15.9. The number of halogens is 2. The maximum Gasteiger partial charge on any atom is 0.163 e. The quantitative estimate of drug-likeness (QED) is 0.465. The van der Waals surface area contributed by atoms with Gasteiger partial charge in [-0.3, -0.25) is 4.79 Å². The zero-order valence-corrected chi connectivity index (χ0v) is 19.3. The Morgan fingerprint density at radius 3 is 2.36 bits per heavy atom. The summed E-state index contributed by atoms with van der Waals surface area (Å²) >= 11 is 6.45. The SMILES string of the molecule is CN(C)c1ccc(C2CC(=O)C3=C(C2)Nc2ccccc2NC3c2c(F)cccc2Cl)cc1. The fraction of sp³-hybridized carbons (Fsp3) is 0.222. The fourth-order valence-corrected chi connectivity index (χ4v) is 5.05. The van der Waals surface area contributed by atoms with Gasteiger partial charge in [-0.15, -0.1) is 0 Å². The van der Waals surface area contributed by atoms with Gasteiger partial charge >= 0.3 is 0 Å². The second kappa shape index (κ2) is 8.56. The summed E-state index contributed by atoms with van der Waals surface area (Å²) in [5.74, 6) is -0.391. The maximum absolute atomic E-state index is 15.0. The molecule has 2 aliphatic rings. The first-order valence-electron chi connectivity index (χ1n) is 11.0. The third-order valence-corrected chi connectivity index (χ3v) is 6.81. The molecule has 33 heavy (non-hydrogen) atoms. The molecule has 3 aromatic rings. The molecule has 0 radical (unpaired) electrons. The van der Waals surface area contributed by atoms with Crippen molar-refractivity contribution in [2.75, 3.05) is 29.6 Å². The molecule has 0 fully saturated rings. The Labute approximate surface area is 198 Å². The van der Waals surface area contributed by atoms with E-state index < -0.39 is 11.9 Å². The minimum absolute atomic E-state index is 0.00457. The lowest BCUT2D eigenvalue weighted by molar-refractivity contribution is -0.116. The van der Waals surface area contributed by atoms with Crippen molar-refractivity contribution in [1.82, 2.24) is 0 Å². The summed E-state index contributed by atoms with van der Waals surface area (Å²) in [5.41, 5.74) is 5.56. The van der Waals surface area contributed by atoms with Gasteiger partial charge in [0, 0.05) is 48.1 Å². The molecular weight excluding hydrogens is 437 g/mol. The second-order valence-corrected chi connectivity index (χ2v) is 9.20. The number of hydrogen-bond donors (Lipinski definition) is 2. The van der Waals surface area contributed by atoms with E-state index in [4.69, 9.17) is 11.6 Å². The molecule has 0 saturated heterocycles. The van der Waals surface area contributed by atoms with E-state index in [9.17, 15) is 9.18 Å². The van der Waals surface area contributed by atoms with Crippen LogP contribution in [0.5, 0.6) is 0 Å². The third-order valence-electron chi connectivity index (χ3n) is 6.48. The standard InChI is InChI=1S/C27H25ClFN3O/c1-32(2)18-12-10-16(11-13-18)17-14-23-26(24(33)15-17)27(25-19(28)6-5-7-20(25)29)31-22-9-4-3-8-21(22)30-23/h3-13,17,27,30-31H,14-15H2,1-2H3. The lowest BCUT2D eigenvalue weighted by Gasteiger charge is -2.30. The van der Waals surface area contributed by atoms with Crippen molar-refractivity contribution in [2.24, 2.45) is 0 Å². The summed E-state index contributed by atoms with van der Waals surface area (Å²) in [4.78, 5) is 15.6. The molecule has 3 aromatic carbocycles. The Morgan fingerprint density at radius 2 is 1.67 bits per heavy atom. The van der Waals surface area contributed by atoms with Crippen LogP contribution in [0.3, 0.4) is 0 Å². The van der Waals surface area contributed by atoms with Crippen molar-refractivity contribution in [3.8, 4) is 0 Å². The Kier molecular flexibility index (Phi) is 5.59. The minimum Gasteiger partial charge on any atom is -0.378 e. The van der Waals surface area contributed by atoms with Crippen molar-refractivity contribution in [1.29, 1.82) is 0 Å². The van der Waals surface area contributed by atoms with Gasteiger partial charge in [0.15, 0.2) is 5.78 Å². The number of Topliss-reactive ketones (excluding diaryl/α,β-unsaturated/α-hetero) is 1. The summed E-state index contributed by atoms with van der Waals surface area (Å²) in [6.45, 7) is 0. The van der Waals surface area contributed by atoms with Gasteiger partial charge in [-0.2, -0.15) is 0 Å². The normalized spacial score (nSPS) is 19.7. The lowest BCUT2D eigenvalue weighted by Crippen LogP contribution is -2.27. The molecule has 2 atom stereocenters. The molecule has 1 aliphatic heterocycles. The van der Waals surface area contributed by atoms with Crippen molar-refractivity contribution in [3.05, 3.63) is 100.0 Å². The molecule has 2 N–H and O–H groups in total. The van der Waals surface area contributed by atoms with Crippen molar-refractivity contribution in [2.45, 2.75) is 24.8 Å². The van der Waals surface area contributed by atoms with E-state index in [-0.39, 0.29) is 11.7 Å². The van der Waals surface area contributed by atoms with Gasteiger partial charge in [0.2, 0.25) is 0 Å². The van der Waals surface area contributed by atoms with Crippen LogP contribution in [0.2, 0.25) is 5.02 Å². The summed E-state index contributed by atoms with van der Waals surface area (Å²) in [7, 11) is 4.01. The predicted molar refractivity (Wildman–Crippen MR) is 133 cm³/mol. The van der Waals surface area contributed by atoms with Gasteiger partial charge in [0.05, 0.1) is 17.4 Å². The first-order valence-corrected chi connectivity index (χ1v) is 11.4. The second-order valence-electron chi connectivity index (χ2n) is 8.79. The van der Waals surface area contributed by atoms with E-state index in [1.165, 1.54) is 6.07 Å². The topological polar surface area (TPSA) is 44.4 Å². The largest absolute Gasteiger partial charge is 0.378 e. The smallest absolute Gasteiger partial charge is 0.163 e. The number of hydrogen-bond acceptors (Lipinski definition) is 4. The van der Waals surface area contributed by atoms with E-state index in [2.05, 4.69) is 39.8 Å². The van der Waals surface area contributed by atoms with Crippen molar-refractivity contribution >= 4 is 34.4 Å². The van der Waals surface area contributed by atoms with Crippen molar-refractivity contribution < 1.29 is 9.18 Å². The van der Waals surface area contributed by atoms with Crippen LogP contribution >= 0.6 is 11.6 Å². The van der Waals surface area contributed by atoms with E-state index in [1.54, 1.807) is 12.1 Å². The molecule has 0 spiro atoms. The van der Waals surface area contributed by atoms with Crippen LogP contribution < -0.4 is 15.5 Å². The van der Waals surface area contributed by atoms with Crippen LogP contribution in [-0.2, 0) is 4.79 Å². The van der Waals surface area contributed by atoms with E-state index in [0.29, 0.717) is 29.0 Å². The average molecular weight is 462 g/mol. The number of nitrogens with one attached hydrogen (secondary N) is 2. The summed E-state index contributed by atoms with van der Waals surface area (Å²) < 4.78 is 15.0. The Morgan fingerprint density at radius 1 is 0.939 bits per heavy atom. The highest BCUT2D eigenvalue weighted by Crippen LogP contribution is 2.45. The van der Waals surface area contributed by atoms with Crippen LogP contribution in [-0.4, -0.2) is 19.9 Å². The molecule has 0 amide bonds. The molecule has 0 bridgehead atoms. The number of para-hydroxylation sites is 2. The Balaban J connectivity index is 1.60. The van der Waals surface area contributed by atoms with Gasteiger partial charge in [-0.25, -0.2) is 4.39 Å². The highest BCUT2D eigenvalue weighted by molar-refractivity contribution is 6.31. The highest BCUT2D eigenvalue weighted by Gasteiger charge is 2.37. The van der Waals surface area contributed by atoms with E-state index in [0.717, 1.165) is 28.3 Å². The van der Waals surface area contributed by atoms with Crippen LogP contribution in [0.25, 0.3) is 0 Å².